The molecule has 4 aromatic rings. The molecule has 7 heteroatoms. The topological polar surface area (TPSA) is 64.7 Å². The van der Waals surface area contributed by atoms with Crippen LogP contribution in [0.3, 0.4) is 0 Å². The van der Waals surface area contributed by atoms with E-state index in [0.717, 1.165) is 26.0 Å². The molecule has 4 rings (SSSR count). The van der Waals surface area contributed by atoms with Gasteiger partial charge in [0.15, 0.2) is 0 Å². The molecule has 0 radical (unpaired) electrons. The third-order valence-corrected chi connectivity index (χ3v) is 4.80. The van der Waals surface area contributed by atoms with Gasteiger partial charge in [0.25, 0.3) is 5.22 Å². The highest BCUT2D eigenvalue weighted by atomic mass is 79.9. The first kappa shape index (κ1) is 15.3. The molecule has 0 spiro atoms. The average Bonchev–Trinajstić information content (AvgIpc) is 3.05. The lowest BCUT2D eigenvalue weighted by Gasteiger charge is -2.02. The Kier molecular flexibility index (Phi) is 4.03. The predicted octanol–water partition coefficient (Wildman–Crippen LogP) is 4.90. The third-order valence-electron chi connectivity index (χ3n) is 3.45. The van der Waals surface area contributed by atoms with Crippen LogP contribution in [-0.2, 0) is 0 Å². The largest absolute Gasteiger partial charge is 0.411 e. The van der Waals surface area contributed by atoms with Crippen molar-refractivity contribution in [3.05, 3.63) is 58.8 Å². The number of nitrogens with zero attached hydrogens (tertiary/aromatic N) is 4. The molecule has 2 aromatic heterocycles. The number of hydrogen-bond acceptors (Lipinski definition) is 6. The van der Waals surface area contributed by atoms with Crippen molar-refractivity contribution in [2.24, 2.45) is 0 Å². The van der Waals surface area contributed by atoms with Crippen LogP contribution in [0, 0.1) is 6.92 Å². The zero-order valence-electron chi connectivity index (χ0n) is 12.6. The molecular formula is C17H11BrN4OS. The molecule has 2 aromatic carbocycles. The highest BCUT2D eigenvalue weighted by Gasteiger charge is 2.13. The molecule has 0 saturated heterocycles. The molecule has 0 N–H and O–H groups in total. The minimum atomic E-state index is 0.450. The Balaban J connectivity index is 1.67. The first-order valence-corrected chi connectivity index (χ1v) is 8.79. The number of aryl methyl sites for hydroxylation is 1. The van der Waals surface area contributed by atoms with Crippen LogP contribution in [0.15, 0.2) is 67.9 Å². The molecule has 0 aliphatic heterocycles. The Labute approximate surface area is 150 Å². The smallest absolute Gasteiger partial charge is 0.283 e. The lowest BCUT2D eigenvalue weighted by atomic mass is 10.1. The second-order valence-electron chi connectivity index (χ2n) is 5.18. The Bertz CT molecular complexity index is 1020. The zero-order valence-corrected chi connectivity index (χ0v) is 15.0. The predicted molar refractivity (Wildman–Crippen MR) is 95.8 cm³/mol. The van der Waals surface area contributed by atoms with Crippen molar-refractivity contribution >= 4 is 38.6 Å². The Morgan fingerprint density at radius 1 is 1.00 bits per heavy atom. The van der Waals surface area contributed by atoms with Gasteiger partial charge in [-0.1, -0.05) is 33.6 Å². The van der Waals surface area contributed by atoms with Crippen LogP contribution >= 0.6 is 27.7 Å². The maximum Gasteiger partial charge on any atom is 0.283 e. The molecule has 0 unspecified atom stereocenters. The van der Waals surface area contributed by atoms with E-state index in [1.54, 1.807) is 0 Å². The summed E-state index contributed by atoms with van der Waals surface area (Å²) in [7, 11) is 0. The SMILES string of the molecule is Cc1ccc(-c2nnc(Sc3ncnc4ccc(Br)cc34)o2)cc1. The first-order valence-electron chi connectivity index (χ1n) is 7.18. The van der Waals surface area contributed by atoms with Crippen molar-refractivity contribution in [2.75, 3.05) is 0 Å². The second kappa shape index (κ2) is 6.33. The summed E-state index contributed by atoms with van der Waals surface area (Å²) >= 11 is 4.81. The van der Waals surface area contributed by atoms with E-state index in [1.165, 1.54) is 23.7 Å². The molecule has 0 bridgehead atoms. The number of rotatable bonds is 3. The van der Waals surface area contributed by atoms with E-state index in [0.29, 0.717) is 11.1 Å². The summed E-state index contributed by atoms with van der Waals surface area (Å²) in [6.07, 6.45) is 1.54. The van der Waals surface area contributed by atoms with Gasteiger partial charge in [-0.25, -0.2) is 9.97 Å². The molecule has 0 aliphatic rings. The summed E-state index contributed by atoms with van der Waals surface area (Å²) in [5, 5.41) is 10.4. The average molecular weight is 399 g/mol. The fourth-order valence-electron chi connectivity index (χ4n) is 2.23. The zero-order chi connectivity index (χ0) is 16.5. The summed E-state index contributed by atoms with van der Waals surface area (Å²) in [6, 6.07) is 13.8. The number of hydrogen-bond donors (Lipinski definition) is 0. The van der Waals surface area contributed by atoms with Crippen molar-refractivity contribution < 1.29 is 4.42 Å². The van der Waals surface area contributed by atoms with Gasteiger partial charge in [0.05, 0.1) is 5.52 Å². The Morgan fingerprint density at radius 2 is 1.83 bits per heavy atom. The van der Waals surface area contributed by atoms with E-state index >= 15 is 0 Å². The van der Waals surface area contributed by atoms with Crippen molar-refractivity contribution in [2.45, 2.75) is 17.2 Å². The molecule has 118 valence electrons. The first-order chi connectivity index (χ1) is 11.7. The molecule has 0 aliphatic carbocycles. The molecule has 0 fully saturated rings. The van der Waals surface area contributed by atoms with Gasteiger partial charge >= 0.3 is 0 Å². The van der Waals surface area contributed by atoms with Crippen LogP contribution in [0.25, 0.3) is 22.4 Å². The summed E-state index contributed by atoms with van der Waals surface area (Å²) in [4.78, 5) is 8.61. The fraction of sp³-hybridized carbons (Fsp3) is 0.0588. The maximum atomic E-state index is 5.76. The van der Waals surface area contributed by atoms with Gasteiger partial charge in [0.2, 0.25) is 5.89 Å². The van der Waals surface area contributed by atoms with Crippen LogP contribution in [-0.4, -0.2) is 20.2 Å². The minimum absolute atomic E-state index is 0.450. The maximum absolute atomic E-state index is 5.76. The third kappa shape index (κ3) is 3.05. The number of fused-ring (bicyclic) bond motifs is 1. The quantitative estimate of drug-likeness (QED) is 0.457. The monoisotopic (exact) mass is 398 g/mol. The summed E-state index contributed by atoms with van der Waals surface area (Å²) in [5.41, 5.74) is 2.95. The normalized spacial score (nSPS) is 11.1. The molecule has 2 heterocycles. The van der Waals surface area contributed by atoms with E-state index in [1.807, 2.05) is 49.4 Å². The van der Waals surface area contributed by atoms with Crippen LogP contribution in [0.4, 0.5) is 0 Å². The van der Waals surface area contributed by atoms with Crippen molar-refractivity contribution in [1.82, 2.24) is 20.2 Å². The lowest BCUT2D eigenvalue weighted by Crippen LogP contribution is -1.87. The molecule has 5 nitrogen and oxygen atoms in total. The van der Waals surface area contributed by atoms with E-state index in [2.05, 4.69) is 36.1 Å². The molecule has 0 saturated carbocycles. The summed E-state index contributed by atoms with van der Waals surface area (Å²) in [6.45, 7) is 2.04. The van der Waals surface area contributed by atoms with Gasteiger partial charge in [0, 0.05) is 15.4 Å². The highest BCUT2D eigenvalue weighted by Crippen LogP contribution is 2.32. The van der Waals surface area contributed by atoms with Crippen molar-refractivity contribution in [1.29, 1.82) is 0 Å². The number of aromatic nitrogens is 4. The van der Waals surface area contributed by atoms with E-state index < -0.39 is 0 Å². The van der Waals surface area contributed by atoms with Crippen LogP contribution in [0.5, 0.6) is 0 Å². The standard InChI is InChI=1S/C17H11BrN4OS/c1-10-2-4-11(5-3-10)15-21-22-17(23-15)24-16-13-8-12(18)6-7-14(13)19-9-20-16/h2-9H,1H3. The van der Waals surface area contributed by atoms with Gasteiger partial charge < -0.3 is 4.42 Å². The summed E-state index contributed by atoms with van der Waals surface area (Å²) < 4.78 is 6.73. The van der Waals surface area contributed by atoms with E-state index in [4.69, 9.17) is 4.42 Å². The van der Waals surface area contributed by atoms with Crippen LogP contribution in [0.1, 0.15) is 5.56 Å². The highest BCUT2D eigenvalue weighted by molar-refractivity contribution is 9.10. The number of halogens is 1. The van der Waals surface area contributed by atoms with Gasteiger partial charge in [-0.15, -0.1) is 10.2 Å². The van der Waals surface area contributed by atoms with Crippen molar-refractivity contribution in [3.63, 3.8) is 0 Å². The van der Waals surface area contributed by atoms with Crippen LogP contribution < -0.4 is 0 Å². The second-order valence-corrected chi connectivity index (χ2v) is 7.04. The number of benzene rings is 2. The fourth-order valence-corrected chi connectivity index (χ4v) is 3.34. The van der Waals surface area contributed by atoms with Crippen LogP contribution in [0.2, 0.25) is 0 Å². The van der Waals surface area contributed by atoms with Gasteiger partial charge in [-0.2, -0.15) is 0 Å². The Hall–Kier alpha value is -2.25. The van der Waals surface area contributed by atoms with Gasteiger partial charge in [0.1, 0.15) is 11.4 Å². The van der Waals surface area contributed by atoms with E-state index in [9.17, 15) is 0 Å². The molecular weight excluding hydrogens is 388 g/mol. The molecule has 0 atom stereocenters. The molecule has 0 amide bonds. The summed E-state index contributed by atoms with van der Waals surface area (Å²) in [5.74, 6) is 0.497. The minimum Gasteiger partial charge on any atom is -0.411 e. The Morgan fingerprint density at radius 3 is 2.67 bits per heavy atom. The molecule has 24 heavy (non-hydrogen) atoms. The lowest BCUT2D eigenvalue weighted by molar-refractivity contribution is 0.465. The van der Waals surface area contributed by atoms with Crippen molar-refractivity contribution in [3.8, 4) is 11.5 Å². The van der Waals surface area contributed by atoms with Gasteiger partial charge in [-0.3, -0.25) is 0 Å². The van der Waals surface area contributed by atoms with E-state index in [-0.39, 0.29) is 0 Å². The van der Waals surface area contributed by atoms with Gasteiger partial charge in [-0.05, 0) is 49.0 Å².